The van der Waals surface area contributed by atoms with Crippen LogP contribution in [0.15, 0.2) is 23.4 Å². The Bertz CT molecular complexity index is 250. The monoisotopic (exact) mass is 196 g/mol. The van der Waals surface area contributed by atoms with Crippen LogP contribution in [0.3, 0.4) is 0 Å². The predicted molar refractivity (Wildman–Crippen MR) is 58.9 cm³/mol. The first-order valence-corrected chi connectivity index (χ1v) is 5.66. The first-order valence-electron chi connectivity index (χ1n) is 4.68. The molecule has 0 atom stereocenters. The number of rotatable bonds is 5. The van der Waals surface area contributed by atoms with Crippen LogP contribution in [-0.2, 0) is 0 Å². The van der Waals surface area contributed by atoms with Gasteiger partial charge in [0.2, 0.25) is 0 Å². The zero-order valence-electron chi connectivity index (χ0n) is 7.99. The van der Waals surface area contributed by atoms with E-state index in [0.29, 0.717) is 0 Å². The zero-order chi connectivity index (χ0) is 9.52. The van der Waals surface area contributed by atoms with Crippen molar-refractivity contribution in [3.05, 3.63) is 18.3 Å². The second-order valence-electron chi connectivity index (χ2n) is 2.95. The lowest BCUT2D eigenvalue weighted by atomic mass is 10.3. The number of aromatic nitrogens is 1. The number of hydrogen-bond acceptors (Lipinski definition) is 3. The van der Waals surface area contributed by atoms with Crippen molar-refractivity contribution < 1.29 is 0 Å². The van der Waals surface area contributed by atoms with Crippen molar-refractivity contribution in [2.75, 3.05) is 11.5 Å². The van der Waals surface area contributed by atoms with E-state index in [0.717, 1.165) is 16.5 Å². The van der Waals surface area contributed by atoms with Crippen molar-refractivity contribution in [3.8, 4) is 0 Å². The van der Waals surface area contributed by atoms with E-state index in [-0.39, 0.29) is 0 Å². The molecule has 0 aromatic carbocycles. The molecule has 1 aromatic rings. The van der Waals surface area contributed by atoms with E-state index in [1.165, 1.54) is 19.3 Å². The topological polar surface area (TPSA) is 38.9 Å². The molecule has 72 valence electrons. The minimum atomic E-state index is 0.795. The summed E-state index contributed by atoms with van der Waals surface area (Å²) in [4.78, 5) is 4.21. The third-order valence-electron chi connectivity index (χ3n) is 1.79. The van der Waals surface area contributed by atoms with Crippen LogP contribution in [0.1, 0.15) is 26.2 Å². The van der Waals surface area contributed by atoms with Gasteiger partial charge in [0.25, 0.3) is 0 Å². The standard InChI is InChI=1S/C10H16N2S/c1-2-3-4-8-13-10-9(11)6-5-7-12-10/h5-7H,2-4,8,11H2,1H3. The number of nitrogen functional groups attached to an aromatic ring is 1. The van der Waals surface area contributed by atoms with Gasteiger partial charge < -0.3 is 5.73 Å². The fourth-order valence-corrected chi connectivity index (χ4v) is 1.96. The van der Waals surface area contributed by atoms with Crippen molar-refractivity contribution in [3.63, 3.8) is 0 Å². The molecule has 0 bridgehead atoms. The summed E-state index contributed by atoms with van der Waals surface area (Å²) in [5.41, 5.74) is 6.55. The highest BCUT2D eigenvalue weighted by atomic mass is 32.2. The molecular weight excluding hydrogens is 180 g/mol. The Labute approximate surface area is 83.9 Å². The molecule has 0 saturated carbocycles. The predicted octanol–water partition coefficient (Wildman–Crippen LogP) is 2.95. The van der Waals surface area contributed by atoms with Gasteiger partial charge >= 0.3 is 0 Å². The Balaban J connectivity index is 2.32. The second kappa shape index (κ2) is 5.86. The highest BCUT2D eigenvalue weighted by Crippen LogP contribution is 2.22. The molecule has 2 N–H and O–H groups in total. The summed E-state index contributed by atoms with van der Waals surface area (Å²) < 4.78 is 0. The van der Waals surface area contributed by atoms with Gasteiger partial charge in [-0.25, -0.2) is 4.98 Å². The highest BCUT2D eigenvalue weighted by molar-refractivity contribution is 7.99. The van der Waals surface area contributed by atoms with Crippen LogP contribution in [0.25, 0.3) is 0 Å². The molecule has 0 aliphatic carbocycles. The van der Waals surface area contributed by atoms with Gasteiger partial charge in [0, 0.05) is 6.20 Å². The highest BCUT2D eigenvalue weighted by Gasteiger charge is 1.98. The van der Waals surface area contributed by atoms with Crippen molar-refractivity contribution >= 4 is 17.4 Å². The van der Waals surface area contributed by atoms with E-state index in [1.807, 2.05) is 12.1 Å². The van der Waals surface area contributed by atoms with Gasteiger partial charge in [0.15, 0.2) is 0 Å². The van der Waals surface area contributed by atoms with E-state index >= 15 is 0 Å². The summed E-state index contributed by atoms with van der Waals surface area (Å²) in [5, 5.41) is 0.971. The molecule has 1 rings (SSSR count). The number of nitrogens with two attached hydrogens (primary N) is 1. The fourth-order valence-electron chi connectivity index (χ4n) is 1.04. The fraction of sp³-hybridized carbons (Fsp3) is 0.500. The lowest BCUT2D eigenvalue weighted by Crippen LogP contribution is -1.91. The van der Waals surface area contributed by atoms with E-state index in [1.54, 1.807) is 18.0 Å². The molecule has 0 fully saturated rings. The summed E-state index contributed by atoms with van der Waals surface area (Å²) in [6, 6.07) is 3.76. The third-order valence-corrected chi connectivity index (χ3v) is 2.89. The Hall–Kier alpha value is -0.700. The molecule has 0 amide bonds. The smallest absolute Gasteiger partial charge is 0.119 e. The van der Waals surface area contributed by atoms with Crippen LogP contribution >= 0.6 is 11.8 Å². The van der Waals surface area contributed by atoms with Crippen molar-refractivity contribution in [2.45, 2.75) is 31.2 Å². The van der Waals surface area contributed by atoms with E-state index in [4.69, 9.17) is 5.73 Å². The summed E-state index contributed by atoms with van der Waals surface area (Å²) in [6.45, 7) is 2.21. The average Bonchev–Trinajstić information content (AvgIpc) is 2.15. The third kappa shape index (κ3) is 3.68. The molecular formula is C10H16N2S. The SMILES string of the molecule is CCCCCSc1ncccc1N. The molecule has 0 saturated heterocycles. The molecule has 1 heterocycles. The molecule has 0 aliphatic rings. The average molecular weight is 196 g/mol. The molecule has 0 unspecified atom stereocenters. The Morgan fingerprint density at radius 3 is 3.00 bits per heavy atom. The Morgan fingerprint density at radius 2 is 2.31 bits per heavy atom. The maximum Gasteiger partial charge on any atom is 0.119 e. The number of nitrogens with zero attached hydrogens (tertiary/aromatic N) is 1. The quantitative estimate of drug-likeness (QED) is 0.581. The minimum absolute atomic E-state index is 0.795. The van der Waals surface area contributed by atoms with Crippen LogP contribution in [0, 0.1) is 0 Å². The summed E-state index contributed by atoms with van der Waals surface area (Å²) in [6.07, 6.45) is 5.59. The number of thioether (sulfide) groups is 1. The maximum absolute atomic E-state index is 5.75. The second-order valence-corrected chi connectivity index (χ2v) is 4.04. The normalized spacial score (nSPS) is 10.2. The van der Waals surface area contributed by atoms with E-state index in [2.05, 4.69) is 11.9 Å². The molecule has 0 spiro atoms. The van der Waals surface area contributed by atoms with Gasteiger partial charge in [-0.15, -0.1) is 11.8 Å². The van der Waals surface area contributed by atoms with Crippen LogP contribution in [0.4, 0.5) is 5.69 Å². The van der Waals surface area contributed by atoms with Crippen LogP contribution < -0.4 is 5.73 Å². The first kappa shape index (κ1) is 10.4. The maximum atomic E-state index is 5.75. The van der Waals surface area contributed by atoms with E-state index in [9.17, 15) is 0 Å². The minimum Gasteiger partial charge on any atom is -0.397 e. The van der Waals surface area contributed by atoms with Crippen molar-refractivity contribution in [1.82, 2.24) is 4.98 Å². The number of pyridine rings is 1. The Kier molecular flexibility index (Phi) is 4.68. The summed E-state index contributed by atoms with van der Waals surface area (Å²) in [5.74, 6) is 1.12. The van der Waals surface area contributed by atoms with Crippen LogP contribution in [-0.4, -0.2) is 10.7 Å². The van der Waals surface area contributed by atoms with E-state index < -0.39 is 0 Å². The summed E-state index contributed by atoms with van der Waals surface area (Å²) >= 11 is 1.75. The molecule has 13 heavy (non-hydrogen) atoms. The van der Waals surface area contributed by atoms with Crippen LogP contribution in [0.5, 0.6) is 0 Å². The van der Waals surface area contributed by atoms with Crippen molar-refractivity contribution in [1.29, 1.82) is 0 Å². The number of unbranched alkanes of at least 4 members (excludes halogenated alkanes) is 2. The van der Waals surface area contributed by atoms with Gasteiger partial charge in [-0.3, -0.25) is 0 Å². The van der Waals surface area contributed by atoms with Gasteiger partial charge in [0.1, 0.15) is 5.03 Å². The molecule has 0 aliphatic heterocycles. The van der Waals surface area contributed by atoms with Gasteiger partial charge in [-0.05, 0) is 24.3 Å². The van der Waals surface area contributed by atoms with Gasteiger partial charge in [0.05, 0.1) is 5.69 Å². The van der Waals surface area contributed by atoms with Gasteiger partial charge in [-0.2, -0.15) is 0 Å². The van der Waals surface area contributed by atoms with Crippen molar-refractivity contribution in [2.24, 2.45) is 0 Å². The largest absolute Gasteiger partial charge is 0.397 e. The molecule has 0 radical (unpaired) electrons. The molecule has 2 nitrogen and oxygen atoms in total. The lowest BCUT2D eigenvalue weighted by Gasteiger charge is -2.02. The molecule has 3 heteroatoms. The zero-order valence-corrected chi connectivity index (χ0v) is 8.81. The van der Waals surface area contributed by atoms with Gasteiger partial charge in [-0.1, -0.05) is 19.8 Å². The Morgan fingerprint density at radius 1 is 1.46 bits per heavy atom. The lowest BCUT2D eigenvalue weighted by molar-refractivity contribution is 0.778. The first-order chi connectivity index (χ1) is 6.34. The number of anilines is 1. The summed E-state index contributed by atoms with van der Waals surface area (Å²) in [7, 11) is 0. The molecule has 1 aromatic heterocycles. The van der Waals surface area contributed by atoms with Crippen LogP contribution in [0.2, 0.25) is 0 Å². The number of hydrogen-bond donors (Lipinski definition) is 1.